The molecule has 34 heavy (non-hydrogen) atoms. The number of rotatable bonds is 5. The Morgan fingerprint density at radius 1 is 1.12 bits per heavy atom. The van der Waals surface area contributed by atoms with E-state index < -0.39 is 29.3 Å². The number of amides is 2. The summed E-state index contributed by atoms with van der Waals surface area (Å²) in [4.78, 5) is 59.8. The highest BCUT2D eigenvalue weighted by Gasteiger charge is 2.43. The first kappa shape index (κ1) is 21.4. The van der Waals surface area contributed by atoms with Gasteiger partial charge in [-0.05, 0) is 50.2 Å². The van der Waals surface area contributed by atoms with Gasteiger partial charge in [-0.25, -0.2) is 9.78 Å². The second-order valence-electron chi connectivity index (χ2n) is 7.96. The molecule has 10 heteroatoms. The summed E-state index contributed by atoms with van der Waals surface area (Å²) in [7, 11) is 0. The lowest BCUT2D eigenvalue weighted by atomic mass is 9.98. The quantitative estimate of drug-likeness (QED) is 0.348. The summed E-state index contributed by atoms with van der Waals surface area (Å²) < 4.78 is 6.21. The Morgan fingerprint density at radius 3 is 2.56 bits per heavy atom. The van der Waals surface area contributed by atoms with Crippen molar-refractivity contribution in [2.75, 3.05) is 11.5 Å². The summed E-state index contributed by atoms with van der Waals surface area (Å²) in [5.74, 6) is -2.03. The summed E-state index contributed by atoms with van der Waals surface area (Å²) >= 11 is 0. The highest BCUT2D eigenvalue weighted by atomic mass is 16.5. The number of esters is 1. The molecule has 5 rings (SSSR count). The highest BCUT2D eigenvalue weighted by Crippen LogP contribution is 2.33. The molecule has 1 aliphatic rings. The second kappa shape index (κ2) is 8.14. The molecule has 2 amide bonds. The van der Waals surface area contributed by atoms with Gasteiger partial charge in [-0.3, -0.25) is 24.4 Å². The maximum absolute atomic E-state index is 13.3. The lowest BCUT2D eigenvalue weighted by Crippen LogP contribution is -2.31. The van der Waals surface area contributed by atoms with Crippen LogP contribution in [0.5, 0.6) is 0 Å². The predicted octanol–water partition coefficient (Wildman–Crippen LogP) is 2.57. The smallest absolute Gasteiger partial charge is 0.338 e. The van der Waals surface area contributed by atoms with Gasteiger partial charge in [0.1, 0.15) is 0 Å². The molecular formula is C24H21N5O5. The van der Waals surface area contributed by atoms with Crippen molar-refractivity contribution in [3.05, 3.63) is 75.7 Å². The molecule has 0 aliphatic carbocycles. The Labute approximate surface area is 193 Å². The van der Waals surface area contributed by atoms with Gasteiger partial charge < -0.3 is 9.72 Å². The van der Waals surface area contributed by atoms with Crippen molar-refractivity contribution in [3.63, 3.8) is 0 Å². The molecule has 1 fully saturated rings. The van der Waals surface area contributed by atoms with Crippen molar-refractivity contribution in [3.8, 4) is 5.95 Å². The number of anilines is 1. The Kier molecular flexibility index (Phi) is 5.12. The number of aromatic nitrogens is 4. The third kappa shape index (κ3) is 3.40. The first-order valence-electron chi connectivity index (χ1n) is 10.8. The molecule has 1 saturated heterocycles. The number of carbonyl (C=O) groups is 3. The average Bonchev–Trinajstić information content (AvgIpc) is 3.47. The third-order valence-electron chi connectivity index (χ3n) is 5.84. The van der Waals surface area contributed by atoms with Gasteiger partial charge in [0.15, 0.2) is 0 Å². The number of para-hydroxylation sites is 2. The van der Waals surface area contributed by atoms with Crippen molar-refractivity contribution < 1.29 is 19.1 Å². The molecule has 1 atom stereocenters. The summed E-state index contributed by atoms with van der Waals surface area (Å²) in [6.45, 7) is 3.64. The third-order valence-corrected chi connectivity index (χ3v) is 5.84. The van der Waals surface area contributed by atoms with Crippen LogP contribution in [0.2, 0.25) is 0 Å². The average molecular weight is 459 g/mol. The van der Waals surface area contributed by atoms with E-state index in [0.29, 0.717) is 28.4 Å². The van der Waals surface area contributed by atoms with Crippen LogP contribution in [0.1, 0.15) is 40.9 Å². The van der Waals surface area contributed by atoms with Gasteiger partial charge in [0.25, 0.3) is 5.56 Å². The van der Waals surface area contributed by atoms with Crippen molar-refractivity contribution >= 4 is 34.5 Å². The molecule has 0 bridgehead atoms. The van der Waals surface area contributed by atoms with E-state index >= 15 is 0 Å². The van der Waals surface area contributed by atoms with Gasteiger partial charge in [0.05, 0.1) is 40.4 Å². The molecule has 0 saturated carbocycles. The van der Waals surface area contributed by atoms with Gasteiger partial charge >= 0.3 is 5.97 Å². The summed E-state index contributed by atoms with van der Waals surface area (Å²) in [5, 5.41) is 2.97. The minimum absolute atomic E-state index is 0.132. The van der Waals surface area contributed by atoms with Crippen molar-refractivity contribution in [1.29, 1.82) is 0 Å². The fraction of sp³-hybridized carbons (Fsp3) is 0.208. The number of hydrogen-bond acceptors (Lipinski definition) is 6. The molecule has 4 aromatic rings. The number of imidazole rings is 1. The molecule has 2 aromatic heterocycles. The number of nitrogens with zero attached hydrogens (tertiary/aromatic N) is 3. The SMILES string of the molecule is CCOC(=O)c1ccc(N2C(=O)C[C@@H](c3c(C)[nH]n(-c4nc5ccccc5[nH]4)c3=O)C2=O)cc1. The molecule has 10 nitrogen and oxygen atoms in total. The number of carbonyl (C=O) groups excluding carboxylic acids is 3. The van der Waals surface area contributed by atoms with Crippen LogP contribution in [0.3, 0.4) is 0 Å². The highest BCUT2D eigenvalue weighted by molar-refractivity contribution is 6.22. The number of aromatic amines is 2. The van der Waals surface area contributed by atoms with Crippen LogP contribution in [0, 0.1) is 6.92 Å². The number of imide groups is 1. The maximum Gasteiger partial charge on any atom is 0.338 e. The van der Waals surface area contributed by atoms with Crippen LogP contribution in [0.25, 0.3) is 17.0 Å². The van der Waals surface area contributed by atoms with Gasteiger partial charge in [-0.15, -0.1) is 0 Å². The first-order chi connectivity index (χ1) is 16.4. The number of nitrogens with one attached hydrogen (secondary N) is 2. The summed E-state index contributed by atoms with van der Waals surface area (Å²) in [6.07, 6.45) is -0.132. The fourth-order valence-electron chi connectivity index (χ4n) is 4.25. The summed E-state index contributed by atoms with van der Waals surface area (Å²) in [5.41, 5.74) is 2.38. The largest absolute Gasteiger partial charge is 0.462 e. The van der Waals surface area contributed by atoms with E-state index in [2.05, 4.69) is 15.1 Å². The van der Waals surface area contributed by atoms with E-state index in [1.54, 1.807) is 13.8 Å². The lowest BCUT2D eigenvalue weighted by Gasteiger charge is -2.15. The van der Waals surface area contributed by atoms with Crippen LogP contribution in [-0.4, -0.2) is 44.1 Å². The monoisotopic (exact) mass is 459 g/mol. The van der Waals surface area contributed by atoms with Gasteiger partial charge in [-0.2, -0.15) is 4.68 Å². The number of H-pyrrole nitrogens is 2. The predicted molar refractivity (Wildman–Crippen MR) is 123 cm³/mol. The van der Waals surface area contributed by atoms with Crippen molar-refractivity contribution in [2.24, 2.45) is 0 Å². The minimum Gasteiger partial charge on any atom is -0.462 e. The molecule has 172 valence electrons. The molecule has 3 heterocycles. The van der Waals surface area contributed by atoms with Crippen LogP contribution in [-0.2, 0) is 14.3 Å². The Bertz CT molecular complexity index is 1460. The molecule has 1 aliphatic heterocycles. The zero-order valence-electron chi connectivity index (χ0n) is 18.5. The molecule has 0 spiro atoms. The number of ether oxygens (including phenoxy) is 1. The maximum atomic E-state index is 13.3. The van der Waals surface area contributed by atoms with Crippen LogP contribution in [0.15, 0.2) is 53.3 Å². The van der Waals surface area contributed by atoms with Crippen LogP contribution in [0.4, 0.5) is 5.69 Å². The minimum atomic E-state index is -0.924. The van der Waals surface area contributed by atoms with E-state index in [4.69, 9.17) is 4.74 Å². The van der Waals surface area contributed by atoms with Gasteiger partial charge in [-0.1, -0.05) is 12.1 Å². The normalized spacial score (nSPS) is 15.9. The number of hydrogen-bond donors (Lipinski definition) is 2. The lowest BCUT2D eigenvalue weighted by molar-refractivity contribution is -0.121. The Balaban J connectivity index is 1.46. The number of fused-ring (bicyclic) bond motifs is 1. The molecule has 0 radical (unpaired) electrons. The van der Waals surface area contributed by atoms with Gasteiger partial charge in [0.2, 0.25) is 17.8 Å². The molecule has 2 N–H and O–H groups in total. The zero-order chi connectivity index (χ0) is 24.0. The number of benzene rings is 2. The van der Waals surface area contributed by atoms with Gasteiger partial charge in [0, 0.05) is 12.1 Å². The van der Waals surface area contributed by atoms with E-state index in [1.165, 1.54) is 28.9 Å². The first-order valence-corrected chi connectivity index (χ1v) is 10.8. The van der Waals surface area contributed by atoms with E-state index in [0.717, 1.165) is 10.4 Å². The van der Waals surface area contributed by atoms with Crippen LogP contribution >= 0.6 is 0 Å². The number of aryl methyl sites for hydroxylation is 1. The van der Waals surface area contributed by atoms with Crippen molar-refractivity contribution in [2.45, 2.75) is 26.2 Å². The molecule has 2 aromatic carbocycles. The molecule has 0 unspecified atom stereocenters. The van der Waals surface area contributed by atoms with Crippen LogP contribution < -0.4 is 10.5 Å². The topological polar surface area (TPSA) is 130 Å². The standard InChI is InChI=1S/C24H21N5O5/c1-3-34-23(33)14-8-10-15(11-9-14)28-19(30)12-16(21(28)31)20-13(2)27-29(22(20)32)24-25-17-6-4-5-7-18(17)26-24/h4-11,16,27H,3,12H2,1-2H3,(H,25,26)/t16-/m0/s1. The second-order valence-corrected chi connectivity index (χ2v) is 7.96. The summed E-state index contributed by atoms with van der Waals surface area (Å²) in [6, 6.07) is 13.4. The zero-order valence-corrected chi connectivity index (χ0v) is 18.5. The van der Waals surface area contributed by atoms with Crippen molar-refractivity contribution in [1.82, 2.24) is 19.7 Å². The van der Waals surface area contributed by atoms with E-state index in [1.807, 2.05) is 24.3 Å². The Hall–Kier alpha value is -4.47. The molecular weight excluding hydrogens is 438 g/mol. The Morgan fingerprint density at radius 2 is 1.85 bits per heavy atom. The van der Waals surface area contributed by atoms with E-state index in [-0.39, 0.29) is 18.6 Å². The van der Waals surface area contributed by atoms with E-state index in [9.17, 15) is 19.2 Å². The fourth-order valence-corrected chi connectivity index (χ4v) is 4.25.